The van der Waals surface area contributed by atoms with E-state index in [4.69, 9.17) is 4.74 Å². The lowest BCUT2D eigenvalue weighted by molar-refractivity contribution is 0.0740. The van der Waals surface area contributed by atoms with Crippen LogP contribution in [0.2, 0.25) is 0 Å². The van der Waals surface area contributed by atoms with Gasteiger partial charge in [-0.15, -0.1) is 0 Å². The van der Waals surface area contributed by atoms with E-state index in [9.17, 15) is 4.79 Å². The summed E-state index contributed by atoms with van der Waals surface area (Å²) in [5.74, 6) is 0.679. The molecule has 2 aliphatic heterocycles. The molecule has 0 saturated carbocycles. The van der Waals surface area contributed by atoms with Gasteiger partial charge in [0.25, 0.3) is 5.91 Å². The van der Waals surface area contributed by atoms with Gasteiger partial charge < -0.3 is 19.9 Å². The number of nitrogens with one attached hydrogen (secondary N) is 1. The van der Waals surface area contributed by atoms with Crippen molar-refractivity contribution in [2.45, 2.75) is 18.9 Å². The van der Waals surface area contributed by atoms with Crippen LogP contribution in [0, 0.1) is 0 Å². The largest absolute Gasteiger partial charge is 0.381 e. The monoisotopic (exact) mass is 368 g/mol. The third-order valence-corrected chi connectivity index (χ3v) is 4.94. The van der Waals surface area contributed by atoms with E-state index in [0.29, 0.717) is 24.7 Å². The molecule has 2 aromatic heterocycles. The first kappa shape index (κ1) is 17.7. The second kappa shape index (κ2) is 8.30. The molecule has 4 heterocycles. The van der Waals surface area contributed by atoms with Crippen molar-refractivity contribution < 1.29 is 9.53 Å². The number of anilines is 2. The Kier molecular flexibility index (Phi) is 5.43. The molecule has 0 radical (unpaired) electrons. The Hall–Kier alpha value is -2.74. The first-order valence-corrected chi connectivity index (χ1v) is 9.42. The predicted molar refractivity (Wildman–Crippen MR) is 102 cm³/mol. The maximum Gasteiger partial charge on any atom is 0.272 e. The summed E-state index contributed by atoms with van der Waals surface area (Å²) in [6.07, 6.45) is 7.68. The van der Waals surface area contributed by atoms with Crippen molar-refractivity contribution >= 4 is 17.5 Å². The molecule has 27 heavy (non-hydrogen) atoms. The lowest BCUT2D eigenvalue weighted by Crippen LogP contribution is -2.49. The normalized spacial score (nSPS) is 19.9. The van der Waals surface area contributed by atoms with Crippen LogP contribution >= 0.6 is 0 Å². The number of hydrogen-bond acceptors (Lipinski definition) is 7. The summed E-state index contributed by atoms with van der Waals surface area (Å²) in [5.41, 5.74) is 1.38. The minimum atomic E-state index is -0.0330. The van der Waals surface area contributed by atoms with Gasteiger partial charge in [0.05, 0.1) is 18.0 Å². The molecule has 1 N–H and O–H groups in total. The number of carbonyl (C=O) groups is 1. The van der Waals surface area contributed by atoms with Crippen molar-refractivity contribution in [3.8, 4) is 0 Å². The van der Waals surface area contributed by atoms with E-state index >= 15 is 0 Å². The van der Waals surface area contributed by atoms with E-state index in [0.717, 1.165) is 44.8 Å². The van der Waals surface area contributed by atoms with Crippen LogP contribution in [0.4, 0.5) is 11.6 Å². The molecule has 2 aliphatic rings. The summed E-state index contributed by atoms with van der Waals surface area (Å²) in [4.78, 5) is 29.5. The van der Waals surface area contributed by atoms with Gasteiger partial charge in [0.2, 0.25) is 5.95 Å². The highest BCUT2D eigenvalue weighted by atomic mass is 16.5. The van der Waals surface area contributed by atoms with Crippen LogP contribution < -0.4 is 10.2 Å². The summed E-state index contributed by atoms with van der Waals surface area (Å²) in [6.45, 7) is 4.34. The van der Waals surface area contributed by atoms with Gasteiger partial charge in [-0.3, -0.25) is 4.79 Å². The Morgan fingerprint density at radius 2 is 1.96 bits per heavy atom. The van der Waals surface area contributed by atoms with Gasteiger partial charge in [-0.2, -0.15) is 0 Å². The molecule has 2 fully saturated rings. The molecule has 0 aromatic carbocycles. The van der Waals surface area contributed by atoms with Crippen molar-refractivity contribution in [2.75, 3.05) is 49.5 Å². The third kappa shape index (κ3) is 4.33. The Bertz CT molecular complexity index is 741. The summed E-state index contributed by atoms with van der Waals surface area (Å²) in [7, 11) is 0. The smallest absolute Gasteiger partial charge is 0.272 e. The van der Waals surface area contributed by atoms with Crippen LogP contribution in [0.3, 0.4) is 0 Å². The van der Waals surface area contributed by atoms with Crippen molar-refractivity contribution in [1.29, 1.82) is 0 Å². The molecule has 142 valence electrons. The molecule has 2 saturated heterocycles. The van der Waals surface area contributed by atoms with Gasteiger partial charge in [-0.1, -0.05) is 0 Å². The van der Waals surface area contributed by atoms with E-state index in [1.165, 1.54) is 0 Å². The molecule has 0 aliphatic carbocycles. The number of rotatable bonds is 5. The molecule has 1 amide bonds. The fourth-order valence-electron chi connectivity index (χ4n) is 3.39. The fourth-order valence-corrected chi connectivity index (χ4v) is 3.39. The van der Waals surface area contributed by atoms with Crippen LogP contribution in [0.1, 0.15) is 23.3 Å². The highest BCUT2D eigenvalue weighted by Gasteiger charge is 2.24. The summed E-state index contributed by atoms with van der Waals surface area (Å²) in [6, 6.07) is 5.49. The van der Waals surface area contributed by atoms with Crippen LogP contribution in [-0.4, -0.2) is 71.2 Å². The molecule has 8 heteroatoms. The van der Waals surface area contributed by atoms with Gasteiger partial charge in [0, 0.05) is 51.7 Å². The van der Waals surface area contributed by atoms with Crippen molar-refractivity contribution in [3.63, 3.8) is 0 Å². The molecule has 0 spiro atoms. The molecule has 1 unspecified atom stereocenters. The SMILES string of the molecule is O=C(c1ccc(NCC2CCCO2)cn1)N1CCN(c2ncccn2)CC1. The minimum absolute atomic E-state index is 0.0330. The topological polar surface area (TPSA) is 83.5 Å². The predicted octanol–water partition coefficient (Wildman–Crippen LogP) is 1.42. The lowest BCUT2D eigenvalue weighted by atomic mass is 10.2. The Morgan fingerprint density at radius 1 is 1.15 bits per heavy atom. The first-order valence-electron chi connectivity index (χ1n) is 9.42. The van der Waals surface area contributed by atoms with E-state index in [2.05, 4.69) is 25.2 Å². The van der Waals surface area contributed by atoms with Crippen molar-refractivity contribution in [2.24, 2.45) is 0 Å². The average Bonchev–Trinajstić information content (AvgIpc) is 3.27. The number of aromatic nitrogens is 3. The molecular formula is C19H24N6O2. The van der Waals surface area contributed by atoms with Gasteiger partial charge in [0.1, 0.15) is 5.69 Å². The first-order chi connectivity index (χ1) is 13.3. The van der Waals surface area contributed by atoms with Crippen LogP contribution in [-0.2, 0) is 4.74 Å². The number of amides is 1. The van der Waals surface area contributed by atoms with E-state index in [1.54, 1.807) is 30.7 Å². The van der Waals surface area contributed by atoms with Gasteiger partial charge in [0.15, 0.2) is 0 Å². The van der Waals surface area contributed by atoms with Crippen LogP contribution in [0.5, 0.6) is 0 Å². The minimum Gasteiger partial charge on any atom is -0.381 e. The third-order valence-electron chi connectivity index (χ3n) is 4.94. The second-order valence-corrected chi connectivity index (χ2v) is 6.78. The quantitative estimate of drug-likeness (QED) is 0.855. The van der Waals surface area contributed by atoms with Gasteiger partial charge in [-0.05, 0) is 31.0 Å². The fraction of sp³-hybridized carbons (Fsp3) is 0.474. The zero-order valence-electron chi connectivity index (χ0n) is 15.3. The van der Waals surface area contributed by atoms with Crippen LogP contribution in [0.15, 0.2) is 36.8 Å². The lowest BCUT2D eigenvalue weighted by Gasteiger charge is -2.34. The number of piperazine rings is 1. The maximum atomic E-state index is 12.7. The van der Waals surface area contributed by atoms with Crippen LogP contribution in [0.25, 0.3) is 0 Å². The van der Waals surface area contributed by atoms with Crippen molar-refractivity contribution in [3.05, 3.63) is 42.5 Å². The summed E-state index contributed by atoms with van der Waals surface area (Å²) < 4.78 is 5.60. The van der Waals surface area contributed by atoms with E-state index in [-0.39, 0.29) is 12.0 Å². The zero-order valence-corrected chi connectivity index (χ0v) is 15.3. The van der Waals surface area contributed by atoms with Gasteiger partial charge in [-0.25, -0.2) is 15.0 Å². The zero-order chi connectivity index (χ0) is 18.5. The number of hydrogen-bond donors (Lipinski definition) is 1. The average molecular weight is 368 g/mol. The molecule has 8 nitrogen and oxygen atoms in total. The highest BCUT2D eigenvalue weighted by molar-refractivity contribution is 5.92. The Labute approximate surface area is 158 Å². The summed E-state index contributed by atoms with van der Waals surface area (Å²) >= 11 is 0. The number of nitrogens with zero attached hydrogens (tertiary/aromatic N) is 5. The standard InChI is InChI=1S/C19H24N6O2/c26-18(24-8-10-25(11-9-24)19-20-6-2-7-21-19)17-5-4-15(13-23-17)22-14-16-3-1-12-27-16/h2,4-7,13,16,22H,1,3,8-12,14H2. The number of carbonyl (C=O) groups excluding carboxylic acids is 1. The Morgan fingerprint density at radius 3 is 2.63 bits per heavy atom. The van der Waals surface area contributed by atoms with E-state index < -0.39 is 0 Å². The second-order valence-electron chi connectivity index (χ2n) is 6.78. The highest BCUT2D eigenvalue weighted by Crippen LogP contribution is 2.15. The Balaban J connectivity index is 1.29. The molecule has 2 aromatic rings. The van der Waals surface area contributed by atoms with Gasteiger partial charge >= 0.3 is 0 Å². The molecule has 4 rings (SSSR count). The van der Waals surface area contributed by atoms with E-state index in [1.807, 2.05) is 11.0 Å². The molecule has 1 atom stereocenters. The van der Waals surface area contributed by atoms with Crippen molar-refractivity contribution in [1.82, 2.24) is 19.9 Å². The molecule has 0 bridgehead atoms. The maximum absolute atomic E-state index is 12.7. The summed E-state index contributed by atoms with van der Waals surface area (Å²) in [5, 5.41) is 3.32. The number of pyridine rings is 1. The number of ether oxygens (including phenoxy) is 1. The molecular weight excluding hydrogens is 344 g/mol.